The van der Waals surface area contributed by atoms with Gasteiger partial charge in [0.25, 0.3) is 5.89 Å². The fraction of sp³-hybridized carbons (Fsp3) is 0.385. The molecule has 1 unspecified atom stereocenters. The van der Waals surface area contributed by atoms with Crippen LogP contribution in [0.5, 0.6) is 5.75 Å². The zero-order valence-electron chi connectivity index (χ0n) is 11.2. The van der Waals surface area contributed by atoms with Crippen molar-refractivity contribution in [2.24, 2.45) is 5.73 Å². The Balaban J connectivity index is 2.11. The van der Waals surface area contributed by atoms with Crippen molar-refractivity contribution in [2.45, 2.75) is 32.9 Å². The Labute approximate surface area is 134 Å². The number of ether oxygens (including phenoxy) is 1. The van der Waals surface area contributed by atoms with Gasteiger partial charge < -0.3 is 15.0 Å². The first-order chi connectivity index (χ1) is 9.45. The third-order valence-electron chi connectivity index (χ3n) is 2.53. The van der Waals surface area contributed by atoms with Crippen LogP contribution in [0.2, 0.25) is 0 Å². The molecule has 0 aliphatic carbocycles. The summed E-state index contributed by atoms with van der Waals surface area (Å²) in [6, 6.07) is 4.12. The normalized spacial score (nSPS) is 12.4. The van der Waals surface area contributed by atoms with Crippen LogP contribution in [0.3, 0.4) is 0 Å². The van der Waals surface area contributed by atoms with Crippen LogP contribution < -0.4 is 10.5 Å². The van der Waals surface area contributed by atoms with E-state index in [4.69, 9.17) is 15.0 Å². The van der Waals surface area contributed by atoms with Crippen LogP contribution in [0.4, 0.5) is 0 Å². The Morgan fingerprint density at radius 3 is 2.50 bits per heavy atom. The molecule has 1 atom stereocenters. The van der Waals surface area contributed by atoms with Crippen molar-refractivity contribution in [3.8, 4) is 5.75 Å². The summed E-state index contributed by atoms with van der Waals surface area (Å²) < 4.78 is 12.4. The number of nitrogens with zero attached hydrogens (tertiary/aromatic N) is 2. The highest BCUT2D eigenvalue weighted by molar-refractivity contribution is 9.11. The number of benzene rings is 1. The minimum atomic E-state index is 0.113. The number of halogens is 2. The Morgan fingerprint density at radius 2 is 2.00 bits per heavy atom. The van der Waals surface area contributed by atoms with E-state index in [0.717, 1.165) is 20.9 Å². The Bertz CT molecular complexity index is 576. The van der Waals surface area contributed by atoms with Crippen LogP contribution in [0.15, 0.2) is 25.6 Å². The molecular weight excluding hydrogens is 390 g/mol. The maximum Gasteiger partial charge on any atom is 0.264 e. The first-order valence-corrected chi connectivity index (χ1v) is 7.70. The van der Waals surface area contributed by atoms with Crippen molar-refractivity contribution in [1.29, 1.82) is 0 Å². The van der Waals surface area contributed by atoms with Gasteiger partial charge in [-0.2, -0.15) is 4.98 Å². The molecule has 0 bridgehead atoms. The van der Waals surface area contributed by atoms with Crippen LogP contribution in [0.1, 0.15) is 24.2 Å². The molecule has 0 saturated heterocycles. The first kappa shape index (κ1) is 15.5. The summed E-state index contributed by atoms with van der Waals surface area (Å²) in [7, 11) is 0. The number of nitrogens with two attached hydrogens (primary N) is 1. The van der Waals surface area contributed by atoms with Crippen LogP contribution in [-0.2, 0) is 13.0 Å². The minimum Gasteiger partial charge on any atom is -0.481 e. The van der Waals surface area contributed by atoms with Gasteiger partial charge in [0.05, 0.1) is 8.95 Å². The summed E-state index contributed by atoms with van der Waals surface area (Å²) >= 11 is 7.01. The largest absolute Gasteiger partial charge is 0.481 e. The van der Waals surface area contributed by atoms with Crippen molar-refractivity contribution >= 4 is 31.9 Å². The molecule has 0 amide bonds. The summed E-state index contributed by atoms with van der Waals surface area (Å²) in [5.41, 5.74) is 6.95. The summed E-state index contributed by atoms with van der Waals surface area (Å²) in [5.74, 6) is 1.74. The molecule has 1 heterocycles. The van der Waals surface area contributed by atoms with Crippen LogP contribution in [-0.4, -0.2) is 16.2 Å². The first-order valence-electron chi connectivity index (χ1n) is 6.11. The minimum absolute atomic E-state index is 0.113. The van der Waals surface area contributed by atoms with Crippen LogP contribution in [0.25, 0.3) is 0 Å². The van der Waals surface area contributed by atoms with Gasteiger partial charge in [0.2, 0.25) is 0 Å². The maximum atomic E-state index is 5.81. The fourth-order valence-corrected chi connectivity index (χ4v) is 3.28. The molecule has 0 aliphatic rings. The Kier molecular flexibility index (Phi) is 5.17. The van der Waals surface area contributed by atoms with Crippen LogP contribution >= 0.6 is 31.9 Å². The van der Waals surface area contributed by atoms with Gasteiger partial charge in [-0.3, -0.25) is 0 Å². The fourth-order valence-electron chi connectivity index (χ4n) is 1.77. The predicted octanol–water partition coefficient (Wildman–Crippen LogP) is 3.37. The summed E-state index contributed by atoms with van der Waals surface area (Å²) in [6.45, 7) is 3.97. The van der Waals surface area contributed by atoms with E-state index in [2.05, 4.69) is 42.0 Å². The van der Waals surface area contributed by atoms with Crippen molar-refractivity contribution in [1.82, 2.24) is 10.1 Å². The van der Waals surface area contributed by atoms with Gasteiger partial charge in [-0.05, 0) is 69.8 Å². The Morgan fingerprint density at radius 1 is 1.35 bits per heavy atom. The molecule has 0 radical (unpaired) electrons. The van der Waals surface area contributed by atoms with E-state index >= 15 is 0 Å². The number of aromatic nitrogens is 2. The quantitative estimate of drug-likeness (QED) is 0.826. The molecule has 5 nitrogen and oxygen atoms in total. The van der Waals surface area contributed by atoms with Gasteiger partial charge in [-0.15, -0.1) is 0 Å². The molecule has 20 heavy (non-hydrogen) atoms. The second kappa shape index (κ2) is 6.69. The van der Waals surface area contributed by atoms with Crippen molar-refractivity contribution < 1.29 is 9.26 Å². The highest BCUT2D eigenvalue weighted by Gasteiger charge is 2.12. The second-order valence-electron chi connectivity index (χ2n) is 4.59. The highest BCUT2D eigenvalue weighted by atomic mass is 79.9. The van der Waals surface area contributed by atoms with Gasteiger partial charge in [-0.25, -0.2) is 0 Å². The third-order valence-corrected chi connectivity index (χ3v) is 3.70. The third kappa shape index (κ3) is 4.04. The van der Waals surface area contributed by atoms with E-state index in [-0.39, 0.29) is 12.6 Å². The summed E-state index contributed by atoms with van der Waals surface area (Å²) in [6.07, 6.45) is 0.806. The molecule has 0 spiro atoms. The molecule has 2 N–H and O–H groups in total. The van der Waals surface area contributed by atoms with E-state index in [1.807, 2.05) is 19.1 Å². The topological polar surface area (TPSA) is 74.2 Å². The van der Waals surface area contributed by atoms with Crippen molar-refractivity contribution in [3.05, 3.63) is 38.4 Å². The van der Waals surface area contributed by atoms with Gasteiger partial charge in [0.1, 0.15) is 5.75 Å². The number of hydrogen-bond donors (Lipinski definition) is 1. The number of aryl methyl sites for hydroxylation is 1. The SMILES string of the molecule is Cc1noc(COc2c(Br)cc(CC(C)N)cc2Br)n1. The molecular formula is C13H15Br2N3O2. The van der Waals surface area contributed by atoms with E-state index in [9.17, 15) is 0 Å². The lowest BCUT2D eigenvalue weighted by molar-refractivity contribution is 0.240. The maximum absolute atomic E-state index is 5.81. The summed E-state index contributed by atoms with van der Waals surface area (Å²) in [4.78, 5) is 4.09. The van der Waals surface area contributed by atoms with Gasteiger partial charge in [-0.1, -0.05) is 5.16 Å². The monoisotopic (exact) mass is 403 g/mol. The number of rotatable bonds is 5. The molecule has 0 saturated carbocycles. The van der Waals surface area contributed by atoms with E-state index in [0.29, 0.717) is 17.5 Å². The average molecular weight is 405 g/mol. The molecule has 7 heteroatoms. The Hall–Kier alpha value is -0.920. The standard InChI is InChI=1S/C13H15Br2N3O2/c1-7(16)3-9-4-10(14)13(11(15)5-9)19-6-12-17-8(2)18-20-12/h4-5,7H,3,6,16H2,1-2H3. The molecule has 1 aromatic heterocycles. The van der Waals surface area contributed by atoms with Crippen molar-refractivity contribution in [2.75, 3.05) is 0 Å². The molecule has 2 aromatic rings. The molecule has 0 fully saturated rings. The molecule has 0 aliphatic heterocycles. The van der Waals surface area contributed by atoms with E-state index in [1.54, 1.807) is 6.92 Å². The predicted molar refractivity (Wildman–Crippen MR) is 82.6 cm³/mol. The zero-order valence-corrected chi connectivity index (χ0v) is 14.4. The molecule has 1 aromatic carbocycles. The van der Waals surface area contributed by atoms with Gasteiger partial charge in [0.15, 0.2) is 12.4 Å². The highest BCUT2D eigenvalue weighted by Crippen LogP contribution is 2.35. The van der Waals surface area contributed by atoms with Crippen molar-refractivity contribution in [3.63, 3.8) is 0 Å². The molecule has 2 rings (SSSR count). The number of hydrogen-bond acceptors (Lipinski definition) is 5. The van der Waals surface area contributed by atoms with E-state index in [1.165, 1.54) is 0 Å². The van der Waals surface area contributed by atoms with Gasteiger partial charge in [0, 0.05) is 6.04 Å². The lowest BCUT2D eigenvalue weighted by Gasteiger charge is -2.12. The van der Waals surface area contributed by atoms with Crippen LogP contribution in [0, 0.1) is 6.92 Å². The second-order valence-corrected chi connectivity index (χ2v) is 6.30. The summed E-state index contributed by atoms with van der Waals surface area (Å²) in [5, 5.41) is 3.72. The average Bonchev–Trinajstić information content (AvgIpc) is 2.73. The smallest absolute Gasteiger partial charge is 0.264 e. The van der Waals surface area contributed by atoms with E-state index < -0.39 is 0 Å². The lowest BCUT2D eigenvalue weighted by atomic mass is 10.1. The zero-order chi connectivity index (χ0) is 14.7. The lowest BCUT2D eigenvalue weighted by Crippen LogP contribution is -2.17. The molecule has 108 valence electrons. The van der Waals surface area contributed by atoms with Gasteiger partial charge >= 0.3 is 0 Å².